The number of thiazole rings is 1. The van der Waals surface area contributed by atoms with E-state index in [0.29, 0.717) is 4.88 Å². The van der Waals surface area contributed by atoms with Crippen molar-refractivity contribution in [3.63, 3.8) is 0 Å². The fourth-order valence-corrected chi connectivity index (χ4v) is 3.18. The van der Waals surface area contributed by atoms with Crippen LogP contribution in [0.3, 0.4) is 0 Å². The largest absolute Gasteiger partial charge is 0.465 e. The molecular formula is C13H16N2O2S2. The second-order valence-corrected chi connectivity index (χ2v) is 6.71. The van der Waals surface area contributed by atoms with Gasteiger partial charge in [-0.15, -0.1) is 11.3 Å². The van der Waals surface area contributed by atoms with E-state index in [-0.39, 0.29) is 11.4 Å². The normalized spacial score (nSPS) is 11.3. The fraction of sp³-hybridized carbons (Fsp3) is 0.385. The number of nitrogens with zero attached hydrogens (tertiary/aromatic N) is 1. The zero-order valence-corrected chi connectivity index (χ0v) is 12.7. The monoisotopic (exact) mass is 296 g/mol. The third-order valence-corrected chi connectivity index (χ3v) is 4.93. The van der Waals surface area contributed by atoms with Crippen LogP contribution < -0.4 is 5.32 Å². The van der Waals surface area contributed by atoms with Gasteiger partial charge in [0.1, 0.15) is 4.88 Å². The molecule has 2 heterocycles. The number of carbonyl (C=O) groups excluding carboxylic acids is 1. The summed E-state index contributed by atoms with van der Waals surface area (Å²) >= 11 is 3.06. The Morgan fingerprint density at radius 1 is 1.53 bits per heavy atom. The number of anilines is 1. The molecule has 0 fully saturated rings. The van der Waals surface area contributed by atoms with Crippen molar-refractivity contribution >= 4 is 33.8 Å². The van der Waals surface area contributed by atoms with Gasteiger partial charge in [0.2, 0.25) is 0 Å². The van der Waals surface area contributed by atoms with Gasteiger partial charge in [-0.3, -0.25) is 0 Å². The average molecular weight is 296 g/mol. The molecule has 0 aliphatic carbocycles. The lowest BCUT2D eigenvalue weighted by Gasteiger charge is -2.23. The van der Waals surface area contributed by atoms with E-state index in [2.05, 4.69) is 46.4 Å². The molecule has 102 valence electrons. The molecule has 4 nitrogen and oxygen atoms in total. The van der Waals surface area contributed by atoms with Crippen LogP contribution in [0.1, 0.15) is 28.4 Å². The summed E-state index contributed by atoms with van der Waals surface area (Å²) in [6.07, 6.45) is 1.54. The Bertz CT molecular complexity index is 547. The summed E-state index contributed by atoms with van der Waals surface area (Å²) in [7, 11) is 1.37. The number of carbonyl (C=O) groups is 1. The van der Waals surface area contributed by atoms with E-state index in [1.807, 2.05) is 0 Å². The molecule has 0 radical (unpaired) electrons. The molecule has 2 aromatic rings. The van der Waals surface area contributed by atoms with Crippen molar-refractivity contribution in [3.05, 3.63) is 33.5 Å². The summed E-state index contributed by atoms with van der Waals surface area (Å²) in [5.41, 5.74) is 0.0330. The number of ether oxygens (including phenoxy) is 1. The number of rotatable bonds is 5. The lowest BCUT2D eigenvalue weighted by molar-refractivity contribution is 0.0606. The first-order valence-electron chi connectivity index (χ1n) is 5.85. The summed E-state index contributed by atoms with van der Waals surface area (Å²) < 4.78 is 4.66. The van der Waals surface area contributed by atoms with Crippen LogP contribution in [0, 0.1) is 0 Å². The smallest absolute Gasteiger partial charge is 0.349 e. The van der Waals surface area contributed by atoms with Gasteiger partial charge < -0.3 is 10.1 Å². The molecule has 0 amide bonds. The molecule has 19 heavy (non-hydrogen) atoms. The Balaban J connectivity index is 1.99. The first-order valence-corrected chi connectivity index (χ1v) is 7.54. The first kappa shape index (κ1) is 14.0. The SMILES string of the molecule is COC(=O)c1cnc(NCC(C)(C)c2cccs2)s1. The second kappa shape index (κ2) is 5.71. The van der Waals surface area contributed by atoms with Gasteiger partial charge in [-0.25, -0.2) is 9.78 Å². The predicted molar refractivity (Wildman–Crippen MR) is 79.3 cm³/mol. The Morgan fingerprint density at radius 3 is 2.95 bits per heavy atom. The Kier molecular flexibility index (Phi) is 4.21. The zero-order chi connectivity index (χ0) is 13.9. The number of esters is 1. The van der Waals surface area contributed by atoms with Crippen LogP contribution in [-0.2, 0) is 10.2 Å². The van der Waals surface area contributed by atoms with Crippen LogP contribution in [0.2, 0.25) is 0 Å². The maximum atomic E-state index is 11.3. The molecule has 0 spiro atoms. The Labute approximate surface area is 120 Å². The Hall–Kier alpha value is -1.40. The van der Waals surface area contributed by atoms with Crippen molar-refractivity contribution < 1.29 is 9.53 Å². The van der Waals surface area contributed by atoms with Gasteiger partial charge in [-0.05, 0) is 11.4 Å². The van der Waals surface area contributed by atoms with Crippen LogP contribution in [0.4, 0.5) is 5.13 Å². The standard InChI is InChI=1S/C13H16N2O2S2/c1-13(2,10-5-4-6-18-10)8-15-12-14-7-9(19-12)11(16)17-3/h4-7H,8H2,1-3H3,(H,14,15). The van der Waals surface area contributed by atoms with Crippen LogP contribution in [0.5, 0.6) is 0 Å². The number of hydrogen-bond donors (Lipinski definition) is 1. The number of nitrogens with one attached hydrogen (secondary N) is 1. The highest BCUT2D eigenvalue weighted by Gasteiger charge is 2.22. The van der Waals surface area contributed by atoms with E-state index >= 15 is 0 Å². The minimum absolute atomic E-state index is 0.0330. The Morgan fingerprint density at radius 2 is 2.32 bits per heavy atom. The van der Waals surface area contributed by atoms with Crippen molar-refractivity contribution in [2.75, 3.05) is 19.0 Å². The third kappa shape index (κ3) is 3.33. The number of methoxy groups -OCH3 is 1. The van der Waals surface area contributed by atoms with E-state index in [1.165, 1.54) is 29.5 Å². The predicted octanol–water partition coefficient (Wildman–Crippen LogP) is 3.38. The van der Waals surface area contributed by atoms with Crippen molar-refractivity contribution in [2.24, 2.45) is 0 Å². The molecular weight excluding hydrogens is 280 g/mol. The highest BCUT2D eigenvalue weighted by molar-refractivity contribution is 7.17. The van der Waals surface area contributed by atoms with Gasteiger partial charge in [0.05, 0.1) is 13.3 Å². The molecule has 0 unspecified atom stereocenters. The van der Waals surface area contributed by atoms with Crippen molar-refractivity contribution in [1.29, 1.82) is 0 Å². The molecule has 0 saturated carbocycles. The van der Waals surface area contributed by atoms with Crippen LogP contribution in [-0.4, -0.2) is 24.6 Å². The molecule has 2 aromatic heterocycles. The maximum absolute atomic E-state index is 11.3. The van der Waals surface area contributed by atoms with Crippen molar-refractivity contribution in [3.8, 4) is 0 Å². The molecule has 0 aliphatic heterocycles. The minimum atomic E-state index is -0.344. The molecule has 0 saturated heterocycles. The van der Waals surface area contributed by atoms with Gasteiger partial charge in [-0.2, -0.15) is 0 Å². The molecule has 1 N–H and O–H groups in total. The fourth-order valence-electron chi connectivity index (χ4n) is 1.60. The topological polar surface area (TPSA) is 51.2 Å². The zero-order valence-electron chi connectivity index (χ0n) is 11.1. The lowest BCUT2D eigenvalue weighted by atomic mass is 9.91. The second-order valence-electron chi connectivity index (χ2n) is 4.74. The van der Waals surface area contributed by atoms with Gasteiger partial charge in [-0.1, -0.05) is 31.3 Å². The minimum Gasteiger partial charge on any atom is -0.465 e. The molecule has 0 aliphatic rings. The molecule has 0 atom stereocenters. The number of aromatic nitrogens is 1. The quantitative estimate of drug-likeness (QED) is 0.859. The van der Waals surface area contributed by atoms with E-state index in [9.17, 15) is 4.79 Å². The van der Waals surface area contributed by atoms with E-state index in [0.717, 1.165) is 11.7 Å². The van der Waals surface area contributed by atoms with E-state index in [4.69, 9.17) is 0 Å². The van der Waals surface area contributed by atoms with Crippen molar-refractivity contribution in [2.45, 2.75) is 19.3 Å². The number of thiophene rings is 1. The van der Waals surface area contributed by atoms with Crippen LogP contribution >= 0.6 is 22.7 Å². The molecule has 6 heteroatoms. The lowest BCUT2D eigenvalue weighted by Crippen LogP contribution is -2.26. The van der Waals surface area contributed by atoms with E-state index in [1.54, 1.807) is 11.3 Å². The molecule has 2 rings (SSSR count). The maximum Gasteiger partial charge on any atom is 0.349 e. The van der Waals surface area contributed by atoms with Gasteiger partial charge in [0, 0.05) is 16.8 Å². The number of hydrogen-bond acceptors (Lipinski definition) is 6. The van der Waals surface area contributed by atoms with Gasteiger partial charge >= 0.3 is 5.97 Å². The molecule has 0 bridgehead atoms. The summed E-state index contributed by atoms with van der Waals surface area (Å²) in [4.78, 5) is 17.4. The summed E-state index contributed by atoms with van der Waals surface area (Å²) in [5, 5.41) is 6.10. The van der Waals surface area contributed by atoms with Crippen LogP contribution in [0.15, 0.2) is 23.7 Å². The highest BCUT2D eigenvalue weighted by atomic mass is 32.1. The van der Waals surface area contributed by atoms with Crippen molar-refractivity contribution in [1.82, 2.24) is 4.98 Å². The highest BCUT2D eigenvalue weighted by Crippen LogP contribution is 2.28. The van der Waals surface area contributed by atoms with Gasteiger partial charge in [0.15, 0.2) is 5.13 Å². The summed E-state index contributed by atoms with van der Waals surface area (Å²) in [6, 6.07) is 4.19. The summed E-state index contributed by atoms with van der Waals surface area (Å²) in [6.45, 7) is 5.13. The molecule has 0 aromatic carbocycles. The third-order valence-electron chi connectivity index (χ3n) is 2.76. The van der Waals surface area contributed by atoms with Gasteiger partial charge in [0.25, 0.3) is 0 Å². The average Bonchev–Trinajstić information content (AvgIpc) is 3.06. The van der Waals surface area contributed by atoms with Crippen LogP contribution in [0.25, 0.3) is 0 Å². The van der Waals surface area contributed by atoms with E-state index < -0.39 is 0 Å². The summed E-state index contributed by atoms with van der Waals surface area (Å²) in [5.74, 6) is -0.344. The first-order chi connectivity index (χ1) is 9.03.